The summed E-state index contributed by atoms with van der Waals surface area (Å²) in [4.78, 5) is 0. The number of rotatable bonds is 12. The molecule has 0 fully saturated rings. The molecule has 2 atom stereocenters. The molecule has 0 amide bonds. The average Bonchev–Trinajstić information content (AvgIpc) is 3.39. The summed E-state index contributed by atoms with van der Waals surface area (Å²) in [6.45, 7) is 5.68. The summed E-state index contributed by atoms with van der Waals surface area (Å²) in [6.07, 6.45) is 8.14. The lowest BCUT2D eigenvalue weighted by atomic mass is 9.96. The van der Waals surface area contributed by atoms with Crippen LogP contribution >= 0.6 is 0 Å². The first kappa shape index (κ1) is 25.2. The van der Waals surface area contributed by atoms with Crippen LogP contribution in [0.15, 0.2) is 77.9 Å². The Kier molecular flexibility index (Phi) is 8.29. The highest BCUT2D eigenvalue weighted by Crippen LogP contribution is 2.47. The molecule has 0 aromatic heterocycles. The van der Waals surface area contributed by atoms with E-state index in [1.54, 1.807) is 0 Å². The van der Waals surface area contributed by atoms with Crippen molar-refractivity contribution in [2.24, 2.45) is 5.10 Å². The molecule has 3 aromatic carbocycles. The zero-order valence-electron chi connectivity index (χ0n) is 22.1. The fourth-order valence-corrected chi connectivity index (χ4v) is 5.14. The lowest BCUT2D eigenvalue weighted by Crippen LogP contribution is -2.33. The molecular weight excluding hydrogens is 460 g/mol. The Bertz CT molecular complexity index is 1170. The van der Waals surface area contributed by atoms with Gasteiger partial charge in [0.15, 0.2) is 0 Å². The fourth-order valence-electron chi connectivity index (χ4n) is 5.14. The zero-order valence-corrected chi connectivity index (χ0v) is 22.1. The summed E-state index contributed by atoms with van der Waals surface area (Å²) in [5.74, 6) is 2.72. The minimum absolute atomic E-state index is 0.139. The monoisotopic (exact) mass is 498 g/mol. The third kappa shape index (κ3) is 5.93. The van der Waals surface area contributed by atoms with Crippen LogP contribution in [0.2, 0.25) is 0 Å². The SMILES string of the molecule is CCCCCCCCOc1ccc([C@H]2Oc3ccccc3[C@@H]3CC(c4ccc(OCC)cc4)=NN23)cc1. The first-order valence-corrected chi connectivity index (χ1v) is 13.8. The van der Waals surface area contributed by atoms with Crippen molar-refractivity contribution in [1.82, 2.24) is 5.01 Å². The van der Waals surface area contributed by atoms with E-state index >= 15 is 0 Å². The molecule has 2 aliphatic rings. The van der Waals surface area contributed by atoms with Gasteiger partial charge < -0.3 is 14.2 Å². The number of ether oxygens (including phenoxy) is 3. The van der Waals surface area contributed by atoms with E-state index < -0.39 is 0 Å². The van der Waals surface area contributed by atoms with Gasteiger partial charge in [-0.25, -0.2) is 5.01 Å². The lowest BCUT2D eigenvalue weighted by Gasteiger charge is -2.38. The van der Waals surface area contributed by atoms with E-state index in [2.05, 4.69) is 66.5 Å². The molecule has 194 valence electrons. The van der Waals surface area contributed by atoms with Crippen LogP contribution in [0.1, 0.15) is 87.8 Å². The number of nitrogens with zero attached hydrogens (tertiary/aromatic N) is 2. The Morgan fingerprint density at radius 2 is 1.51 bits per heavy atom. The van der Waals surface area contributed by atoms with Gasteiger partial charge in [0.25, 0.3) is 0 Å². The van der Waals surface area contributed by atoms with E-state index in [0.29, 0.717) is 6.61 Å². The zero-order chi connectivity index (χ0) is 25.5. The average molecular weight is 499 g/mol. The van der Waals surface area contributed by atoms with Gasteiger partial charge in [0, 0.05) is 17.5 Å². The second-order valence-electron chi connectivity index (χ2n) is 9.80. The van der Waals surface area contributed by atoms with Crippen molar-refractivity contribution >= 4 is 5.71 Å². The number of para-hydroxylation sites is 1. The molecule has 0 aliphatic carbocycles. The summed E-state index contributed by atoms with van der Waals surface area (Å²) in [5.41, 5.74) is 4.44. The van der Waals surface area contributed by atoms with Gasteiger partial charge in [-0.15, -0.1) is 0 Å². The summed E-state index contributed by atoms with van der Waals surface area (Å²) in [6, 6.07) is 25.0. The maximum absolute atomic E-state index is 6.51. The van der Waals surface area contributed by atoms with Gasteiger partial charge in [0.1, 0.15) is 17.2 Å². The van der Waals surface area contributed by atoms with Crippen LogP contribution in [0.3, 0.4) is 0 Å². The van der Waals surface area contributed by atoms with Crippen LogP contribution in [-0.2, 0) is 0 Å². The molecule has 3 aromatic rings. The second-order valence-corrected chi connectivity index (χ2v) is 9.80. The van der Waals surface area contributed by atoms with Crippen molar-refractivity contribution in [3.8, 4) is 17.2 Å². The fraction of sp³-hybridized carbons (Fsp3) is 0.406. The molecule has 5 heteroatoms. The predicted molar refractivity (Wildman–Crippen MR) is 148 cm³/mol. The lowest BCUT2D eigenvalue weighted by molar-refractivity contribution is -0.0190. The largest absolute Gasteiger partial charge is 0.494 e. The Labute approximate surface area is 221 Å². The van der Waals surface area contributed by atoms with E-state index in [0.717, 1.165) is 53.5 Å². The first-order chi connectivity index (χ1) is 18.3. The molecule has 0 N–H and O–H groups in total. The van der Waals surface area contributed by atoms with Crippen molar-refractivity contribution in [2.45, 2.75) is 71.1 Å². The topological polar surface area (TPSA) is 43.3 Å². The summed E-state index contributed by atoms with van der Waals surface area (Å²) in [7, 11) is 0. The molecule has 0 radical (unpaired) electrons. The van der Waals surface area contributed by atoms with Gasteiger partial charge in [-0.05, 0) is 73.5 Å². The highest BCUT2D eigenvalue weighted by atomic mass is 16.5. The molecule has 5 rings (SSSR count). The Hall–Kier alpha value is -3.47. The van der Waals surface area contributed by atoms with E-state index in [1.165, 1.54) is 37.7 Å². The maximum Gasteiger partial charge on any atom is 0.213 e. The molecular formula is C32H38N2O3. The predicted octanol–water partition coefficient (Wildman–Crippen LogP) is 8.07. The summed E-state index contributed by atoms with van der Waals surface area (Å²) < 4.78 is 18.1. The van der Waals surface area contributed by atoms with Crippen LogP contribution in [0.4, 0.5) is 0 Å². The van der Waals surface area contributed by atoms with Crippen molar-refractivity contribution < 1.29 is 14.2 Å². The van der Waals surface area contributed by atoms with Gasteiger partial charge in [0.05, 0.1) is 25.0 Å². The van der Waals surface area contributed by atoms with Crippen LogP contribution in [0.5, 0.6) is 17.2 Å². The number of hydrogen-bond donors (Lipinski definition) is 0. The molecule has 0 saturated carbocycles. The standard InChI is InChI=1S/C32H38N2O3/c1-3-5-6-7-8-11-22-36-27-20-16-25(17-21-27)32-34-30(28-12-9-10-13-31(28)37-32)23-29(33-34)24-14-18-26(19-15-24)35-4-2/h9-10,12-21,30,32H,3-8,11,22-23H2,1-2H3/t30-,32+/m0/s1. The third-order valence-electron chi connectivity index (χ3n) is 7.13. The van der Waals surface area contributed by atoms with E-state index in [4.69, 9.17) is 19.3 Å². The second kappa shape index (κ2) is 12.2. The van der Waals surface area contributed by atoms with Crippen molar-refractivity contribution in [3.05, 3.63) is 89.5 Å². The Balaban J connectivity index is 1.29. The highest BCUT2D eigenvalue weighted by Gasteiger charge is 2.40. The molecule has 0 saturated heterocycles. The quantitative estimate of drug-likeness (QED) is 0.237. The van der Waals surface area contributed by atoms with Crippen LogP contribution in [0, 0.1) is 0 Å². The summed E-state index contributed by atoms with van der Waals surface area (Å²) >= 11 is 0. The highest BCUT2D eigenvalue weighted by molar-refractivity contribution is 6.02. The van der Waals surface area contributed by atoms with Gasteiger partial charge in [-0.1, -0.05) is 57.2 Å². The van der Waals surface area contributed by atoms with Crippen molar-refractivity contribution in [2.75, 3.05) is 13.2 Å². The van der Waals surface area contributed by atoms with E-state index in [1.807, 2.05) is 25.1 Å². The smallest absolute Gasteiger partial charge is 0.213 e. The van der Waals surface area contributed by atoms with Crippen LogP contribution in [-0.4, -0.2) is 23.9 Å². The normalized spacial score (nSPS) is 18.0. The van der Waals surface area contributed by atoms with Gasteiger partial charge in [-0.3, -0.25) is 0 Å². The molecule has 37 heavy (non-hydrogen) atoms. The molecule has 0 bridgehead atoms. The van der Waals surface area contributed by atoms with E-state index in [9.17, 15) is 0 Å². The van der Waals surface area contributed by atoms with Gasteiger partial charge in [-0.2, -0.15) is 5.10 Å². The minimum atomic E-state index is -0.285. The Morgan fingerprint density at radius 1 is 0.811 bits per heavy atom. The summed E-state index contributed by atoms with van der Waals surface area (Å²) in [5, 5.41) is 7.20. The first-order valence-electron chi connectivity index (χ1n) is 13.8. The number of hydrazone groups is 1. The minimum Gasteiger partial charge on any atom is -0.494 e. The number of benzene rings is 3. The van der Waals surface area contributed by atoms with Crippen LogP contribution in [0.25, 0.3) is 0 Å². The van der Waals surface area contributed by atoms with Crippen LogP contribution < -0.4 is 14.2 Å². The van der Waals surface area contributed by atoms with E-state index in [-0.39, 0.29) is 12.3 Å². The third-order valence-corrected chi connectivity index (χ3v) is 7.13. The maximum atomic E-state index is 6.51. The number of hydrogen-bond acceptors (Lipinski definition) is 5. The van der Waals surface area contributed by atoms with Crippen molar-refractivity contribution in [1.29, 1.82) is 0 Å². The molecule has 2 aliphatic heterocycles. The molecule has 0 spiro atoms. The molecule has 5 nitrogen and oxygen atoms in total. The molecule has 0 unspecified atom stereocenters. The number of unbranched alkanes of at least 4 members (excludes halogenated alkanes) is 5. The van der Waals surface area contributed by atoms with Gasteiger partial charge >= 0.3 is 0 Å². The van der Waals surface area contributed by atoms with Crippen molar-refractivity contribution in [3.63, 3.8) is 0 Å². The molecule has 2 heterocycles. The number of fused-ring (bicyclic) bond motifs is 3. The van der Waals surface area contributed by atoms with Gasteiger partial charge in [0.2, 0.25) is 6.23 Å². The Morgan fingerprint density at radius 3 is 2.30 bits per heavy atom.